The summed E-state index contributed by atoms with van der Waals surface area (Å²) >= 11 is 0. The van der Waals surface area contributed by atoms with Gasteiger partial charge in [-0.05, 0) is 31.0 Å². The van der Waals surface area contributed by atoms with Gasteiger partial charge in [-0.1, -0.05) is 30.3 Å². The number of hydrogen-bond acceptors (Lipinski definition) is 3. The third-order valence-corrected chi connectivity index (χ3v) is 2.71. The summed E-state index contributed by atoms with van der Waals surface area (Å²) in [5.41, 5.74) is 1.14. The highest BCUT2D eigenvalue weighted by molar-refractivity contribution is 5.70. The van der Waals surface area contributed by atoms with E-state index in [-0.39, 0.29) is 12.1 Å². The summed E-state index contributed by atoms with van der Waals surface area (Å²) in [7, 11) is 0. The molecule has 0 unspecified atom stereocenters. The molecule has 2 rings (SSSR count). The molecule has 0 amide bonds. The Balaban J connectivity index is 1.79. The summed E-state index contributed by atoms with van der Waals surface area (Å²) < 4.78 is 10.5. The molecule has 0 radical (unpaired) electrons. The van der Waals surface area contributed by atoms with Crippen molar-refractivity contribution in [3.63, 3.8) is 0 Å². The summed E-state index contributed by atoms with van der Waals surface area (Å²) in [6, 6.07) is 13.5. The minimum Gasteiger partial charge on any atom is -0.465 e. The van der Waals surface area contributed by atoms with E-state index in [9.17, 15) is 4.79 Å². The summed E-state index contributed by atoms with van der Waals surface area (Å²) in [5.74, 6) is 0.464. The number of esters is 1. The maximum Gasteiger partial charge on any atom is 0.306 e. The molecular formula is C15H16O3. The van der Waals surface area contributed by atoms with E-state index < -0.39 is 0 Å². The fourth-order valence-corrected chi connectivity index (χ4v) is 1.73. The Hall–Kier alpha value is -2.03. The van der Waals surface area contributed by atoms with Crippen LogP contribution in [0.3, 0.4) is 0 Å². The summed E-state index contributed by atoms with van der Waals surface area (Å²) in [6.45, 7) is 1.80. The fourth-order valence-electron chi connectivity index (χ4n) is 1.73. The molecule has 0 fully saturated rings. The second kappa shape index (κ2) is 6.05. The molecule has 1 heterocycles. The topological polar surface area (TPSA) is 39.4 Å². The molecule has 0 bridgehead atoms. The monoisotopic (exact) mass is 244 g/mol. The van der Waals surface area contributed by atoms with Gasteiger partial charge in [-0.15, -0.1) is 0 Å². The molecule has 0 aliphatic carbocycles. The van der Waals surface area contributed by atoms with Crippen LogP contribution in [-0.4, -0.2) is 5.97 Å². The molecule has 3 heteroatoms. The third kappa shape index (κ3) is 3.48. The third-order valence-electron chi connectivity index (χ3n) is 2.71. The first-order chi connectivity index (χ1) is 8.75. The second-order valence-electron chi connectivity index (χ2n) is 4.13. The van der Waals surface area contributed by atoms with Crippen LogP contribution in [0.15, 0.2) is 53.1 Å². The zero-order valence-corrected chi connectivity index (χ0v) is 10.3. The molecule has 0 N–H and O–H groups in total. The Morgan fingerprint density at radius 3 is 2.67 bits per heavy atom. The summed E-state index contributed by atoms with van der Waals surface area (Å²) in [6.07, 6.45) is 2.33. The van der Waals surface area contributed by atoms with Gasteiger partial charge in [0.1, 0.15) is 5.76 Å². The maximum atomic E-state index is 11.7. The predicted molar refractivity (Wildman–Crippen MR) is 68.0 cm³/mol. The zero-order valence-electron chi connectivity index (χ0n) is 10.3. The number of aryl methyl sites for hydroxylation is 1. The van der Waals surface area contributed by atoms with Crippen LogP contribution in [0, 0.1) is 0 Å². The zero-order chi connectivity index (χ0) is 12.8. The van der Waals surface area contributed by atoms with Gasteiger partial charge in [-0.2, -0.15) is 0 Å². The molecule has 0 saturated heterocycles. The first-order valence-electron chi connectivity index (χ1n) is 6.02. The second-order valence-corrected chi connectivity index (χ2v) is 4.13. The molecule has 1 atom stereocenters. The van der Waals surface area contributed by atoms with Gasteiger partial charge in [0, 0.05) is 6.42 Å². The highest BCUT2D eigenvalue weighted by atomic mass is 16.5. The normalized spacial score (nSPS) is 12.1. The molecule has 0 spiro atoms. The lowest BCUT2D eigenvalue weighted by Crippen LogP contribution is -2.09. The van der Waals surface area contributed by atoms with Crippen LogP contribution in [0.4, 0.5) is 0 Å². The Morgan fingerprint density at radius 2 is 2.00 bits per heavy atom. The van der Waals surface area contributed by atoms with Gasteiger partial charge in [0.25, 0.3) is 0 Å². The average molecular weight is 244 g/mol. The van der Waals surface area contributed by atoms with E-state index in [1.165, 1.54) is 0 Å². The minimum atomic E-state index is -0.330. The molecule has 0 aliphatic heterocycles. The molecule has 0 saturated carbocycles. The van der Waals surface area contributed by atoms with E-state index in [1.807, 2.05) is 30.3 Å². The van der Waals surface area contributed by atoms with E-state index in [0.29, 0.717) is 18.6 Å². The van der Waals surface area contributed by atoms with Crippen molar-refractivity contribution in [3.8, 4) is 0 Å². The summed E-state index contributed by atoms with van der Waals surface area (Å²) in [5, 5.41) is 0. The lowest BCUT2D eigenvalue weighted by molar-refractivity contribution is -0.149. The van der Waals surface area contributed by atoms with Crippen LogP contribution in [0.2, 0.25) is 0 Å². The number of rotatable bonds is 5. The quantitative estimate of drug-likeness (QED) is 0.755. The number of furan rings is 1. The van der Waals surface area contributed by atoms with E-state index in [2.05, 4.69) is 0 Å². The minimum absolute atomic E-state index is 0.206. The molecule has 0 aliphatic rings. The van der Waals surface area contributed by atoms with Gasteiger partial charge in [0.05, 0.1) is 6.26 Å². The molecule has 18 heavy (non-hydrogen) atoms. The molecule has 3 nitrogen and oxygen atoms in total. The van der Waals surface area contributed by atoms with Gasteiger partial charge in [0.15, 0.2) is 6.10 Å². The molecular weight excluding hydrogens is 228 g/mol. The first kappa shape index (κ1) is 12.4. The largest absolute Gasteiger partial charge is 0.465 e. The van der Waals surface area contributed by atoms with E-state index >= 15 is 0 Å². The molecule has 1 aromatic carbocycles. The number of benzene rings is 1. The average Bonchev–Trinajstić information content (AvgIpc) is 2.91. The van der Waals surface area contributed by atoms with Crippen molar-refractivity contribution in [3.05, 3.63) is 60.1 Å². The molecule has 94 valence electrons. The number of hydrogen-bond donors (Lipinski definition) is 0. The Morgan fingerprint density at radius 1 is 1.22 bits per heavy atom. The lowest BCUT2D eigenvalue weighted by Gasteiger charge is -2.10. The summed E-state index contributed by atoms with van der Waals surface area (Å²) in [4.78, 5) is 11.7. The standard InChI is InChI=1S/C15H16O3/c1-12(14-8-5-11-17-14)18-15(16)10-9-13-6-3-2-4-7-13/h2-8,11-12H,9-10H2,1H3/t12-/m1/s1. The van der Waals surface area contributed by atoms with Crippen molar-refractivity contribution in [1.29, 1.82) is 0 Å². The Kier molecular flexibility index (Phi) is 4.18. The van der Waals surface area contributed by atoms with Crippen molar-refractivity contribution in [2.75, 3.05) is 0 Å². The van der Waals surface area contributed by atoms with Crippen LogP contribution >= 0.6 is 0 Å². The van der Waals surface area contributed by atoms with E-state index in [0.717, 1.165) is 5.56 Å². The lowest BCUT2D eigenvalue weighted by atomic mass is 10.1. The van der Waals surface area contributed by atoms with Crippen molar-refractivity contribution in [2.45, 2.75) is 25.9 Å². The molecule has 1 aromatic heterocycles. The van der Waals surface area contributed by atoms with Crippen LogP contribution in [0.5, 0.6) is 0 Å². The number of ether oxygens (including phenoxy) is 1. The molecule has 2 aromatic rings. The van der Waals surface area contributed by atoms with Gasteiger partial charge >= 0.3 is 5.97 Å². The highest BCUT2D eigenvalue weighted by Crippen LogP contribution is 2.17. The van der Waals surface area contributed by atoms with Gasteiger partial charge in [-0.25, -0.2) is 0 Å². The van der Waals surface area contributed by atoms with Gasteiger partial charge in [0.2, 0.25) is 0 Å². The fraction of sp³-hybridized carbons (Fsp3) is 0.267. The maximum absolute atomic E-state index is 11.7. The van der Waals surface area contributed by atoms with Crippen LogP contribution < -0.4 is 0 Å². The SMILES string of the molecule is C[C@@H](OC(=O)CCc1ccccc1)c1ccco1. The predicted octanol–water partition coefficient (Wildman–Crippen LogP) is 3.52. The Labute approximate surface area is 106 Å². The van der Waals surface area contributed by atoms with Crippen LogP contribution in [0.1, 0.15) is 30.8 Å². The van der Waals surface area contributed by atoms with Crippen molar-refractivity contribution in [2.24, 2.45) is 0 Å². The van der Waals surface area contributed by atoms with Gasteiger partial charge in [-0.3, -0.25) is 4.79 Å². The first-order valence-corrected chi connectivity index (χ1v) is 6.02. The van der Waals surface area contributed by atoms with Gasteiger partial charge < -0.3 is 9.15 Å². The Bertz CT molecular complexity index is 474. The smallest absolute Gasteiger partial charge is 0.306 e. The number of carbonyl (C=O) groups is 1. The van der Waals surface area contributed by atoms with E-state index in [4.69, 9.17) is 9.15 Å². The number of carbonyl (C=O) groups excluding carboxylic acids is 1. The van der Waals surface area contributed by atoms with Crippen molar-refractivity contribution in [1.82, 2.24) is 0 Å². The van der Waals surface area contributed by atoms with Crippen LogP contribution in [0.25, 0.3) is 0 Å². The van der Waals surface area contributed by atoms with E-state index in [1.54, 1.807) is 25.3 Å². The van der Waals surface area contributed by atoms with Crippen molar-refractivity contribution >= 4 is 5.97 Å². The highest BCUT2D eigenvalue weighted by Gasteiger charge is 2.13. The van der Waals surface area contributed by atoms with Crippen LogP contribution in [-0.2, 0) is 16.0 Å². The van der Waals surface area contributed by atoms with Crippen molar-refractivity contribution < 1.29 is 13.9 Å².